The summed E-state index contributed by atoms with van der Waals surface area (Å²) in [5, 5.41) is 11.4. The topological polar surface area (TPSA) is 210 Å². The Kier molecular flexibility index (Phi) is 34.6. The number of hydrogen-bond donors (Lipinski definition) is 1. The molecule has 6 aromatic carbocycles. The molecule has 3 aliphatic heterocycles. The van der Waals surface area contributed by atoms with Crippen molar-refractivity contribution in [1.29, 1.82) is 0 Å². The molecule has 696 valence electrons. The van der Waals surface area contributed by atoms with Crippen molar-refractivity contribution in [3.63, 3.8) is 0 Å². The van der Waals surface area contributed by atoms with Crippen LogP contribution >= 0.6 is 0 Å². The Hall–Kier alpha value is -8.24. The third kappa shape index (κ3) is 25.0. The first kappa shape index (κ1) is 102. The lowest BCUT2D eigenvalue weighted by atomic mass is 9.88. The molecule has 0 radical (unpaired) electrons. The Morgan fingerprint density at radius 3 is 0.833 bits per heavy atom. The highest BCUT2D eigenvalue weighted by atomic mass is 19.4. The van der Waals surface area contributed by atoms with Gasteiger partial charge in [0.05, 0.1) is 82.3 Å². The average Bonchev–Trinajstić information content (AvgIpc) is 0.693. The summed E-state index contributed by atoms with van der Waals surface area (Å²) in [4.78, 5) is 43.6. The number of carbonyl (C=O) groups excluding carboxylic acids is 3. The van der Waals surface area contributed by atoms with Gasteiger partial charge >= 0.3 is 65.5 Å². The average molecular weight is 1810 g/mol. The lowest BCUT2D eigenvalue weighted by Crippen LogP contribution is -2.74. The van der Waals surface area contributed by atoms with Crippen LogP contribution in [0.1, 0.15) is 121 Å². The van der Waals surface area contributed by atoms with E-state index in [0.717, 1.165) is 11.6 Å². The Morgan fingerprint density at radius 2 is 0.556 bits per heavy atom. The normalized spacial score (nSPS) is 24.1. The maximum absolute atomic E-state index is 15.0. The minimum atomic E-state index is -8.77. The molecular formula is C90H103F17O19. The molecule has 0 saturated carbocycles. The molecule has 0 aromatic heterocycles. The molecule has 19 nitrogen and oxygen atoms in total. The second kappa shape index (κ2) is 43.0. The third-order valence-electron chi connectivity index (χ3n) is 20.5. The molecule has 15 atom stereocenters. The van der Waals surface area contributed by atoms with Gasteiger partial charge in [-0.3, -0.25) is 14.4 Å². The molecule has 3 heterocycles. The van der Waals surface area contributed by atoms with Crippen molar-refractivity contribution in [2.45, 2.75) is 267 Å². The van der Waals surface area contributed by atoms with Gasteiger partial charge in [0.15, 0.2) is 37.2 Å². The number of ether oxygens (including phenoxy) is 15. The first-order chi connectivity index (χ1) is 59.1. The molecule has 9 rings (SSSR count). The van der Waals surface area contributed by atoms with E-state index in [1.165, 1.54) is 20.8 Å². The molecule has 1 N–H and O–H groups in total. The monoisotopic (exact) mass is 1810 g/mol. The minimum Gasteiger partial charge on any atom is -0.454 e. The van der Waals surface area contributed by atoms with E-state index in [-0.39, 0.29) is 52.5 Å². The number of aliphatic hydroxyl groups is 1. The predicted molar refractivity (Wildman–Crippen MR) is 417 cm³/mol. The van der Waals surface area contributed by atoms with E-state index in [9.17, 15) is 85.3 Å². The Bertz CT molecular complexity index is 4360. The van der Waals surface area contributed by atoms with Gasteiger partial charge in [0, 0.05) is 6.42 Å². The summed E-state index contributed by atoms with van der Waals surface area (Å²) in [6.45, 7) is 10.9. The van der Waals surface area contributed by atoms with Gasteiger partial charge in [-0.25, -0.2) is 0 Å². The van der Waals surface area contributed by atoms with Crippen LogP contribution < -0.4 is 0 Å². The number of hydrogen-bond acceptors (Lipinski definition) is 19. The molecule has 6 aromatic rings. The van der Waals surface area contributed by atoms with E-state index in [0.29, 0.717) is 33.9 Å². The molecular weight excluding hydrogens is 1710 g/mol. The van der Waals surface area contributed by atoms with Crippen molar-refractivity contribution in [2.24, 2.45) is 16.2 Å². The second-order valence-electron chi connectivity index (χ2n) is 33.6. The van der Waals surface area contributed by atoms with Crippen LogP contribution in [0.15, 0.2) is 194 Å². The number of aliphatic hydroxyl groups excluding tert-OH is 1. The summed E-state index contributed by atoms with van der Waals surface area (Å²) in [6, 6.07) is 53.2. The van der Waals surface area contributed by atoms with Crippen molar-refractivity contribution < 1.29 is 165 Å². The molecule has 0 spiro atoms. The zero-order chi connectivity index (χ0) is 92.5. The van der Waals surface area contributed by atoms with Crippen molar-refractivity contribution in [2.75, 3.05) is 26.4 Å². The van der Waals surface area contributed by atoms with Gasteiger partial charge in [0.2, 0.25) is 0 Å². The maximum Gasteiger partial charge on any atom is 0.460 e. The van der Waals surface area contributed by atoms with Gasteiger partial charge in [-0.05, 0) is 115 Å². The zero-order valence-electron chi connectivity index (χ0n) is 70.3. The van der Waals surface area contributed by atoms with Crippen molar-refractivity contribution >= 4 is 17.9 Å². The zero-order valence-corrected chi connectivity index (χ0v) is 70.3. The number of alkyl halides is 17. The van der Waals surface area contributed by atoms with Crippen molar-refractivity contribution in [3.05, 3.63) is 228 Å². The molecule has 36 heteroatoms. The van der Waals surface area contributed by atoms with E-state index in [1.54, 1.807) is 175 Å². The summed E-state index contributed by atoms with van der Waals surface area (Å²) in [5.74, 6) is -59.7. The number of esters is 3. The summed E-state index contributed by atoms with van der Waals surface area (Å²) in [6.07, 6.45) is -33.5. The van der Waals surface area contributed by atoms with E-state index >= 15 is 8.78 Å². The van der Waals surface area contributed by atoms with Gasteiger partial charge in [0.1, 0.15) is 54.9 Å². The number of carbonyl (C=O) groups is 3. The standard InChI is InChI=1S/C90H103F17O19/c1-80(2,3)77(109)124-71-69(117-52-60-41-27-17-28-42-60)66(114-49-57-35-21-14-22-36-57)63(122-74(71)112-46-32-12-10-11-31-45-83(91,92)84(93,94)85(95,96)86(97,98)87(99,100)88(101,102)89(103,104)90(105,106)107)54-120-76-73(126-79(111)82(7,8)9)70(118-53-61-43-29-18-30-44-61)67(115-50-58-37-23-15-24-38-58)64(123-76)55-119-75-72(125-78(110)81(4,5)6)68(116-51-59-39-25-16-26-40-59)65(62(47-108)121-75)113-48-56-33-19-13-20-34-56/h10-11,13-30,33-44,62-76,108H,12,31-32,45-55H2,1-9H3/b11-10-/t62-,63-,64-,65-,66-,67-,68+,69+,70+,71-,72-,73-,74-,75-,76-/m1/s1. The summed E-state index contributed by atoms with van der Waals surface area (Å²) < 4.78 is 341. The van der Waals surface area contributed by atoms with E-state index in [1.807, 2.05) is 48.5 Å². The molecule has 3 aliphatic rings. The SMILES string of the molecule is CC(C)(C)C(=O)O[C@H]1[C@H](OC[C@H]2O[C@@H](OC[C@H]3O[C@@H](OCCC/C=C\CCC(F)(F)C(F)(F)C(F)(F)C(F)(F)C(F)(F)C(F)(F)C(F)(F)C(F)(F)F)[C@H](OC(=O)C(C)(C)C)[C@@H](OCc4ccccc4)[C@@H]3OCc3ccccc3)[C@H](OC(=O)C(C)(C)C)[C@@H](OCc3ccccc3)[C@@H]2OCc2ccccc2)O[C@H](CO)[C@@H](OCc2ccccc2)[C@@H]1OCc1ccccc1. The van der Waals surface area contributed by atoms with Crippen LogP contribution in [0.4, 0.5) is 74.6 Å². The number of benzene rings is 6. The number of rotatable bonds is 42. The fourth-order valence-corrected chi connectivity index (χ4v) is 13.1. The summed E-state index contributed by atoms with van der Waals surface area (Å²) >= 11 is 0. The molecule has 3 fully saturated rings. The van der Waals surface area contributed by atoms with Crippen molar-refractivity contribution in [3.8, 4) is 0 Å². The molecule has 126 heavy (non-hydrogen) atoms. The van der Waals surface area contributed by atoms with E-state index in [2.05, 4.69) is 0 Å². The van der Waals surface area contributed by atoms with Gasteiger partial charge < -0.3 is 76.2 Å². The van der Waals surface area contributed by atoms with Crippen LogP contribution in [0.5, 0.6) is 0 Å². The van der Waals surface area contributed by atoms with Crippen LogP contribution in [0, 0.1) is 16.2 Å². The molecule has 3 saturated heterocycles. The first-order valence-electron chi connectivity index (χ1n) is 40.4. The molecule has 0 bridgehead atoms. The molecule has 0 aliphatic carbocycles. The minimum absolute atomic E-state index is 0.0190. The molecule has 0 unspecified atom stereocenters. The maximum atomic E-state index is 15.0. The van der Waals surface area contributed by atoms with Crippen LogP contribution in [0.3, 0.4) is 0 Å². The van der Waals surface area contributed by atoms with Crippen LogP contribution in [-0.4, -0.2) is 189 Å². The van der Waals surface area contributed by atoms with E-state index < -0.39 is 213 Å². The Labute approximate surface area is 718 Å². The number of halogens is 17. The molecule has 0 amide bonds. The number of allylic oxidation sites excluding steroid dienone is 2. The van der Waals surface area contributed by atoms with Gasteiger partial charge in [-0.15, -0.1) is 0 Å². The van der Waals surface area contributed by atoms with E-state index in [4.69, 9.17) is 71.1 Å². The van der Waals surface area contributed by atoms with Crippen LogP contribution in [0.25, 0.3) is 0 Å². The fraction of sp³-hybridized carbons (Fsp3) is 0.544. The number of unbranched alkanes of at least 4 members (excludes halogenated alkanes) is 1. The highest BCUT2D eigenvalue weighted by molar-refractivity contribution is 5.76. The Morgan fingerprint density at radius 1 is 0.310 bits per heavy atom. The van der Waals surface area contributed by atoms with Gasteiger partial charge in [-0.1, -0.05) is 194 Å². The van der Waals surface area contributed by atoms with Crippen LogP contribution in [-0.2, 0) is 125 Å². The third-order valence-corrected chi connectivity index (χ3v) is 20.5. The Balaban J connectivity index is 1.09. The smallest absolute Gasteiger partial charge is 0.454 e. The van der Waals surface area contributed by atoms with Gasteiger partial charge in [-0.2, -0.15) is 74.6 Å². The highest BCUT2D eigenvalue weighted by Gasteiger charge is 2.95. The lowest BCUT2D eigenvalue weighted by Gasteiger charge is -2.48. The van der Waals surface area contributed by atoms with Crippen LogP contribution in [0.2, 0.25) is 0 Å². The summed E-state index contributed by atoms with van der Waals surface area (Å²) in [5.41, 5.74) is 0.180. The van der Waals surface area contributed by atoms with Crippen molar-refractivity contribution in [1.82, 2.24) is 0 Å². The highest BCUT2D eigenvalue weighted by Crippen LogP contribution is 2.64. The first-order valence-corrected chi connectivity index (χ1v) is 40.4. The fourth-order valence-electron chi connectivity index (χ4n) is 13.1. The quantitative estimate of drug-likeness (QED) is 0.0124. The summed E-state index contributed by atoms with van der Waals surface area (Å²) in [7, 11) is 0. The van der Waals surface area contributed by atoms with Gasteiger partial charge in [0.25, 0.3) is 0 Å². The largest absolute Gasteiger partial charge is 0.460 e. The predicted octanol–water partition coefficient (Wildman–Crippen LogP) is 18.7. The lowest BCUT2D eigenvalue weighted by molar-refractivity contribution is -0.461. The second-order valence-corrected chi connectivity index (χ2v) is 33.6.